The smallest absolute Gasteiger partial charge is 0.0121 e. The number of rotatable bonds is 5. The summed E-state index contributed by atoms with van der Waals surface area (Å²) in [6.45, 7) is 8.44. The molecule has 0 spiro atoms. The Morgan fingerprint density at radius 1 is 1.15 bits per heavy atom. The van der Waals surface area contributed by atoms with Gasteiger partial charge in [0.25, 0.3) is 0 Å². The third-order valence-electron chi connectivity index (χ3n) is 2.47. The van der Waals surface area contributed by atoms with Gasteiger partial charge in [0.05, 0.1) is 0 Å². The monoisotopic (exact) mass is 297 g/mol. The fraction of sp³-hybridized carbons (Fsp3) is 1.00. The highest BCUT2D eigenvalue weighted by Gasteiger charge is 2.12. The zero-order valence-electron chi connectivity index (χ0n) is 8.43. The minimum absolute atomic E-state index is 1.15. The second kappa shape index (κ2) is 6.98. The molecule has 0 amide bonds. The molecule has 0 aliphatic carbocycles. The first-order valence-electron chi connectivity index (χ1n) is 5.00. The second-order valence-electron chi connectivity index (χ2n) is 3.58. The van der Waals surface area contributed by atoms with Gasteiger partial charge in [0, 0.05) is 50.2 Å². The second-order valence-corrected chi connectivity index (χ2v) is 4.66. The Balaban J connectivity index is 1.96. The lowest BCUT2D eigenvalue weighted by molar-refractivity contribution is 0.155. The first-order chi connectivity index (χ1) is 6.33. The predicted octanol–water partition coefficient (Wildman–Crippen LogP) is 0.258. The molecule has 4 heteroatoms. The van der Waals surface area contributed by atoms with E-state index in [2.05, 4.69) is 44.8 Å². The molecule has 0 saturated carbocycles. The van der Waals surface area contributed by atoms with Crippen LogP contribution in [0.2, 0.25) is 0 Å². The molecule has 1 aliphatic rings. The molecule has 0 bridgehead atoms. The lowest BCUT2D eigenvalue weighted by Gasteiger charge is -2.32. The molecular formula is C9H20IN3. The number of alkyl halides is 1. The third-order valence-corrected chi connectivity index (χ3v) is 3.01. The van der Waals surface area contributed by atoms with E-state index in [4.69, 9.17) is 0 Å². The first-order valence-corrected chi connectivity index (χ1v) is 6.53. The Morgan fingerprint density at radius 3 is 2.46 bits per heavy atom. The van der Waals surface area contributed by atoms with Crippen molar-refractivity contribution in [2.24, 2.45) is 0 Å². The molecule has 0 atom stereocenters. The first kappa shape index (κ1) is 11.7. The number of hydrogen-bond acceptors (Lipinski definition) is 3. The van der Waals surface area contributed by atoms with Gasteiger partial charge in [-0.2, -0.15) is 0 Å². The van der Waals surface area contributed by atoms with Crippen LogP contribution in [-0.4, -0.2) is 67.1 Å². The lowest BCUT2D eigenvalue weighted by atomic mass is 10.3. The molecule has 0 radical (unpaired) electrons. The van der Waals surface area contributed by atoms with Gasteiger partial charge < -0.3 is 10.2 Å². The topological polar surface area (TPSA) is 18.5 Å². The summed E-state index contributed by atoms with van der Waals surface area (Å²) < 4.78 is 1.21. The van der Waals surface area contributed by atoms with Crippen molar-refractivity contribution in [3.8, 4) is 0 Å². The minimum Gasteiger partial charge on any atom is -0.315 e. The Kier molecular flexibility index (Phi) is 6.27. The normalized spacial score (nSPS) is 20.8. The lowest BCUT2D eigenvalue weighted by Crippen LogP contribution is -2.46. The van der Waals surface area contributed by atoms with Gasteiger partial charge in [0.2, 0.25) is 0 Å². The highest BCUT2D eigenvalue weighted by molar-refractivity contribution is 14.1. The number of hydrogen-bond donors (Lipinski definition) is 1. The summed E-state index contributed by atoms with van der Waals surface area (Å²) in [5, 5.41) is 3.43. The van der Waals surface area contributed by atoms with Crippen LogP contribution in [0.1, 0.15) is 0 Å². The molecule has 3 nitrogen and oxygen atoms in total. The molecule has 78 valence electrons. The summed E-state index contributed by atoms with van der Waals surface area (Å²) >= 11 is 2.40. The standard InChI is InChI=1S/C9H20IN3/c1-12-6-8-13(9-7-12)5-4-11-3-2-10/h11H,2-9H2,1H3. The summed E-state index contributed by atoms with van der Waals surface area (Å²) in [6.07, 6.45) is 0. The number of halogens is 1. The van der Waals surface area contributed by atoms with Crippen molar-refractivity contribution in [3.63, 3.8) is 0 Å². The maximum Gasteiger partial charge on any atom is 0.0121 e. The van der Waals surface area contributed by atoms with Crippen molar-refractivity contribution in [2.75, 3.05) is 57.3 Å². The van der Waals surface area contributed by atoms with Crippen LogP contribution in [0.5, 0.6) is 0 Å². The quantitative estimate of drug-likeness (QED) is 0.446. The molecule has 1 saturated heterocycles. The van der Waals surface area contributed by atoms with Gasteiger partial charge in [0.15, 0.2) is 0 Å². The summed E-state index contributed by atoms with van der Waals surface area (Å²) in [6, 6.07) is 0. The molecular weight excluding hydrogens is 277 g/mol. The number of likely N-dealkylation sites (N-methyl/N-ethyl adjacent to an activating group) is 1. The van der Waals surface area contributed by atoms with E-state index in [-0.39, 0.29) is 0 Å². The number of nitrogens with zero attached hydrogens (tertiary/aromatic N) is 2. The van der Waals surface area contributed by atoms with E-state index in [0.717, 1.165) is 13.1 Å². The van der Waals surface area contributed by atoms with Crippen LogP contribution in [0.25, 0.3) is 0 Å². The van der Waals surface area contributed by atoms with Gasteiger partial charge in [-0.1, -0.05) is 22.6 Å². The van der Waals surface area contributed by atoms with E-state index in [1.165, 1.54) is 37.2 Å². The maximum atomic E-state index is 3.43. The summed E-state index contributed by atoms with van der Waals surface area (Å²) in [5.41, 5.74) is 0. The Hall–Kier alpha value is 0.610. The fourth-order valence-electron chi connectivity index (χ4n) is 1.50. The average Bonchev–Trinajstić information content (AvgIpc) is 2.15. The van der Waals surface area contributed by atoms with Crippen LogP contribution < -0.4 is 5.32 Å². The Morgan fingerprint density at radius 2 is 1.85 bits per heavy atom. The van der Waals surface area contributed by atoms with Crippen molar-refractivity contribution in [3.05, 3.63) is 0 Å². The summed E-state index contributed by atoms with van der Waals surface area (Å²) in [4.78, 5) is 4.94. The van der Waals surface area contributed by atoms with E-state index < -0.39 is 0 Å². The largest absolute Gasteiger partial charge is 0.315 e. The number of nitrogens with one attached hydrogen (secondary N) is 1. The third kappa shape index (κ3) is 5.15. The van der Waals surface area contributed by atoms with Crippen LogP contribution in [0.4, 0.5) is 0 Å². The van der Waals surface area contributed by atoms with E-state index in [0.29, 0.717) is 0 Å². The average molecular weight is 297 g/mol. The molecule has 1 N–H and O–H groups in total. The molecule has 1 aliphatic heterocycles. The molecule has 1 fully saturated rings. The Labute approximate surface area is 95.0 Å². The van der Waals surface area contributed by atoms with Crippen LogP contribution in [0, 0.1) is 0 Å². The van der Waals surface area contributed by atoms with E-state index >= 15 is 0 Å². The zero-order valence-corrected chi connectivity index (χ0v) is 10.6. The molecule has 13 heavy (non-hydrogen) atoms. The molecule has 0 aromatic heterocycles. The van der Waals surface area contributed by atoms with Gasteiger partial charge in [-0.15, -0.1) is 0 Å². The molecule has 0 unspecified atom stereocenters. The predicted molar refractivity (Wildman–Crippen MR) is 65.7 cm³/mol. The van der Waals surface area contributed by atoms with Gasteiger partial charge in [-0.25, -0.2) is 0 Å². The molecule has 1 rings (SSSR count). The van der Waals surface area contributed by atoms with E-state index in [1.807, 2.05) is 0 Å². The van der Waals surface area contributed by atoms with Crippen molar-refractivity contribution in [1.82, 2.24) is 15.1 Å². The van der Waals surface area contributed by atoms with Crippen LogP contribution in [0.15, 0.2) is 0 Å². The molecule has 0 aromatic carbocycles. The van der Waals surface area contributed by atoms with Gasteiger partial charge in [-0.05, 0) is 7.05 Å². The summed E-state index contributed by atoms with van der Waals surface area (Å²) in [7, 11) is 2.20. The van der Waals surface area contributed by atoms with Crippen LogP contribution in [-0.2, 0) is 0 Å². The zero-order chi connectivity index (χ0) is 9.52. The summed E-state index contributed by atoms with van der Waals surface area (Å²) in [5.74, 6) is 0. The highest BCUT2D eigenvalue weighted by Crippen LogP contribution is 1.97. The van der Waals surface area contributed by atoms with E-state index in [1.54, 1.807) is 0 Å². The van der Waals surface area contributed by atoms with E-state index in [9.17, 15) is 0 Å². The van der Waals surface area contributed by atoms with Gasteiger partial charge in [0.1, 0.15) is 0 Å². The molecule has 1 heterocycles. The van der Waals surface area contributed by atoms with Crippen molar-refractivity contribution >= 4 is 22.6 Å². The van der Waals surface area contributed by atoms with Crippen LogP contribution >= 0.6 is 22.6 Å². The highest BCUT2D eigenvalue weighted by atomic mass is 127. The SMILES string of the molecule is CN1CCN(CCNCCI)CC1. The number of piperazine rings is 1. The fourth-order valence-corrected chi connectivity index (χ4v) is 1.88. The Bertz CT molecular complexity index is 124. The van der Waals surface area contributed by atoms with Gasteiger partial charge >= 0.3 is 0 Å². The maximum absolute atomic E-state index is 3.43. The van der Waals surface area contributed by atoms with Gasteiger partial charge in [-0.3, -0.25) is 4.90 Å². The van der Waals surface area contributed by atoms with Crippen LogP contribution in [0.3, 0.4) is 0 Å². The van der Waals surface area contributed by atoms with Crippen molar-refractivity contribution < 1.29 is 0 Å². The minimum atomic E-state index is 1.15. The van der Waals surface area contributed by atoms with Crippen molar-refractivity contribution in [2.45, 2.75) is 0 Å². The van der Waals surface area contributed by atoms with Crippen molar-refractivity contribution in [1.29, 1.82) is 0 Å². The molecule has 0 aromatic rings.